The largest absolute Gasteiger partial charge is 0.214 e. The first-order valence-electron chi connectivity index (χ1n) is 8.87. The Morgan fingerprint density at radius 2 is 1.52 bits per heavy atom. The Bertz CT molecular complexity index is 851. The summed E-state index contributed by atoms with van der Waals surface area (Å²) in [6.45, 7) is 11.2. The second kappa shape index (κ2) is 6.44. The third-order valence-corrected chi connectivity index (χ3v) is 4.90. The fourth-order valence-corrected chi connectivity index (χ4v) is 3.25. The van der Waals surface area contributed by atoms with Crippen molar-refractivity contribution in [3.8, 4) is 16.9 Å². The zero-order chi connectivity index (χ0) is 18.2. The molecule has 0 aliphatic carbocycles. The van der Waals surface area contributed by atoms with Crippen molar-refractivity contribution >= 4 is 0 Å². The van der Waals surface area contributed by atoms with E-state index in [1.807, 2.05) is 0 Å². The Morgan fingerprint density at radius 3 is 2.16 bits per heavy atom. The molecule has 0 saturated heterocycles. The van der Waals surface area contributed by atoms with E-state index in [9.17, 15) is 0 Å². The third-order valence-electron chi connectivity index (χ3n) is 4.90. The minimum absolute atomic E-state index is 0.0911. The summed E-state index contributed by atoms with van der Waals surface area (Å²) in [7, 11) is 2.11. The molecule has 0 atom stereocenters. The summed E-state index contributed by atoms with van der Waals surface area (Å²) in [6.07, 6.45) is 4.26. The highest BCUT2D eigenvalue weighted by Crippen LogP contribution is 2.31. The molecule has 1 aromatic carbocycles. The van der Waals surface area contributed by atoms with Crippen LogP contribution >= 0.6 is 0 Å². The van der Waals surface area contributed by atoms with Crippen LogP contribution in [0.3, 0.4) is 0 Å². The van der Waals surface area contributed by atoms with E-state index in [0.717, 1.165) is 0 Å². The van der Waals surface area contributed by atoms with Crippen LogP contribution in [0.5, 0.6) is 0 Å². The first kappa shape index (κ1) is 17.3. The van der Waals surface area contributed by atoms with E-state index in [4.69, 9.17) is 0 Å². The van der Waals surface area contributed by atoms with Crippen LogP contribution in [-0.2, 0) is 12.5 Å². The summed E-state index contributed by atoms with van der Waals surface area (Å²) in [5.41, 5.74) is 7.76. The van der Waals surface area contributed by atoms with Crippen molar-refractivity contribution in [3.63, 3.8) is 0 Å². The molecule has 0 radical (unpaired) electrons. The molecule has 25 heavy (non-hydrogen) atoms. The van der Waals surface area contributed by atoms with Gasteiger partial charge >= 0.3 is 0 Å². The van der Waals surface area contributed by atoms with Gasteiger partial charge in [0.2, 0.25) is 11.4 Å². The summed E-state index contributed by atoms with van der Waals surface area (Å²) in [4.78, 5) is 0. The van der Waals surface area contributed by atoms with Crippen molar-refractivity contribution in [1.82, 2.24) is 0 Å². The van der Waals surface area contributed by atoms with Crippen molar-refractivity contribution in [1.29, 1.82) is 0 Å². The maximum Gasteiger partial charge on any atom is 0.214 e. The van der Waals surface area contributed by atoms with Gasteiger partial charge in [-0.25, -0.2) is 4.57 Å². The standard InChI is InChI=1S/C23H28N2/c1-17-11-7-10-14-25(17)22-16-19(23(3,4)5)15-20(18(22)2)21-12-8-9-13-24(21)6/h7-16H,1-6H3/q+2. The van der Waals surface area contributed by atoms with Gasteiger partial charge in [0.15, 0.2) is 18.1 Å². The van der Waals surface area contributed by atoms with E-state index in [1.165, 1.54) is 33.8 Å². The molecule has 0 spiro atoms. The minimum atomic E-state index is 0.0911. The Hall–Kier alpha value is -2.48. The molecule has 0 bridgehead atoms. The van der Waals surface area contributed by atoms with Gasteiger partial charge in [0.1, 0.15) is 7.05 Å². The maximum absolute atomic E-state index is 2.35. The number of pyridine rings is 2. The Kier molecular flexibility index (Phi) is 4.47. The van der Waals surface area contributed by atoms with Crippen LogP contribution in [0.1, 0.15) is 37.6 Å². The number of benzene rings is 1. The molecule has 0 unspecified atom stereocenters. The van der Waals surface area contributed by atoms with Gasteiger partial charge in [0, 0.05) is 42.8 Å². The topological polar surface area (TPSA) is 7.76 Å². The number of aromatic nitrogens is 2. The molecule has 2 aromatic heterocycles. The lowest BCUT2D eigenvalue weighted by Crippen LogP contribution is -2.36. The molecular weight excluding hydrogens is 304 g/mol. The van der Waals surface area contributed by atoms with Gasteiger partial charge in [0.05, 0.1) is 5.56 Å². The predicted octanol–water partition coefficient (Wildman–Crippen LogP) is 4.37. The number of hydrogen-bond donors (Lipinski definition) is 0. The normalized spacial score (nSPS) is 11.6. The predicted molar refractivity (Wildman–Crippen MR) is 103 cm³/mol. The molecule has 0 saturated carbocycles. The monoisotopic (exact) mass is 332 g/mol. The van der Waals surface area contributed by atoms with Crippen molar-refractivity contribution < 1.29 is 9.13 Å². The highest BCUT2D eigenvalue weighted by molar-refractivity contribution is 5.66. The van der Waals surface area contributed by atoms with Gasteiger partial charge in [-0.05, 0) is 30.0 Å². The van der Waals surface area contributed by atoms with Crippen LogP contribution in [0.4, 0.5) is 0 Å². The molecule has 2 nitrogen and oxygen atoms in total. The molecule has 0 amide bonds. The fourth-order valence-electron chi connectivity index (χ4n) is 3.25. The molecule has 0 aliphatic heterocycles. The lowest BCUT2D eigenvalue weighted by Gasteiger charge is -2.21. The van der Waals surface area contributed by atoms with E-state index in [2.05, 4.69) is 112 Å². The molecule has 3 rings (SSSR count). The zero-order valence-electron chi connectivity index (χ0n) is 16.2. The van der Waals surface area contributed by atoms with Crippen LogP contribution in [0.2, 0.25) is 0 Å². The first-order valence-corrected chi connectivity index (χ1v) is 8.87. The average molecular weight is 332 g/mol. The third kappa shape index (κ3) is 3.34. The van der Waals surface area contributed by atoms with Crippen LogP contribution < -0.4 is 9.13 Å². The Labute approximate surface area is 151 Å². The van der Waals surface area contributed by atoms with Gasteiger partial charge in [-0.2, -0.15) is 4.57 Å². The van der Waals surface area contributed by atoms with Crippen molar-refractivity contribution in [2.75, 3.05) is 0 Å². The number of nitrogens with zero attached hydrogens (tertiary/aromatic N) is 2. The molecule has 2 heteroatoms. The second-order valence-electron chi connectivity index (χ2n) is 7.83. The Morgan fingerprint density at radius 1 is 0.840 bits per heavy atom. The van der Waals surface area contributed by atoms with Crippen molar-refractivity contribution in [2.24, 2.45) is 7.05 Å². The highest BCUT2D eigenvalue weighted by Gasteiger charge is 2.25. The van der Waals surface area contributed by atoms with Crippen molar-refractivity contribution in [2.45, 2.75) is 40.0 Å². The maximum atomic E-state index is 2.35. The average Bonchev–Trinajstić information content (AvgIpc) is 2.55. The molecule has 3 aromatic rings. The summed E-state index contributed by atoms with van der Waals surface area (Å²) >= 11 is 0. The molecule has 2 heterocycles. The molecule has 0 aliphatic rings. The summed E-state index contributed by atoms with van der Waals surface area (Å²) in [6, 6.07) is 17.4. The van der Waals surface area contributed by atoms with E-state index in [-0.39, 0.29) is 5.41 Å². The van der Waals surface area contributed by atoms with E-state index in [0.29, 0.717) is 0 Å². The van der Waals surface area contributed by atoms with Crippen LogP contribution in [0.25, 0.3) is 16.9 Å². The summed E-state index contributed by atoms with van der Waals surface area (Å²) < 4.78 is 4.48. The van der Waals surface area contributed by atoms with Gasteiger partial charge in [0.25, 0.3) is 0 Å². The van der Waals surface area contributed by atoms with Gasteiger partial charge in [-0.1, -0.05) is 26.8 Å². The lowest BCUT2D eigenvalue weighted by molar-refractivity contribution is -0.660. The van der Waals surface area contributed by atoms with E-state index < -0.39 is 0 Å². The van der Waals surface area contributed by atoms with E-state index in [1.54, 1.807) is 0 Å². The second-order valence-corrected chi connectivity index (χ2v) is 7.83. The fraction of sp³-hybridized carbons (Fsp3) is 0.304. The molecule has 0 fully saturated rings. The van der Waals surface area contributed by atoms with Gasteiger partial charge < -0.3 is 0 Å². The van der Waals surface area contributed by atoms with Crippen LogP contribution in [0, 0.1) is 13.8 Å². The zero-order valence-corrected chi connectivity index (χ0v) is 16.2. The van der Waals surface area contributed by atoms with Crippen LogP contribution in [-0.4, -0.2) is 0 Å². The molecular formula is C23H28N2+2. The number of rotatable bonds is 2. The minimum Gasteiger partial charge on any atom is -0.201 e. The van der Waals surface area contributed by atoms with E-state index >= 15 is 0 Å². The van der Waals surface area contributed by atoms with Gasteiger partial charge in [-0.15, -0.1) is 0 Å². The first-order chi connectivity index (χ1) is 11.8. The SMILES string of the molecule is Cc1c(-c2cccc[n+]2C)cc(C(C)(C)C)cc1-[n+]1ccccc1C. The number of aryl methyl sites for hydroxylation is 2. The summed E-state index contributed by atoms with van der Waals surface area (Å²) in [5.74, 6) is 0. The lowest BCUT2D eigenvalue weighted by atomic mass is 9.84. The Balaban J connectivity index is 2.35. The van der Waals surface area contributed by atoms with Crippen LogP contribution in [0.15, 0.2) is 60.9 Å². The quantitative estimate of drug-likeness (QED) is 0.616. The smallest absolute Gasteiger partial charge is 0.201 e. The molecule has 128 valence electrons. The van der Waals surface area contributed by atoms with Gasteiger partial charge in [-0.3, -0.25) is 0 Å². The number of hydrogen-bond acceptors (Lipinski definition) is 0. The highest BCUT2D eigenvalue weighted by atomic mass is 15.0. The van der Waals surface area contributed by atoms with Crippen molar-refractivity contribution in [3.05, 3.63) is 77.7 Å². The molecule has 0 N–H and O–H groups in total. The summed E-state index contributed by atoms with van der Waals surface area (Å²) in [5, 5.41) is 0.